The molecule has 0 aromatic heterocycles. The molecule has 0 spiro atoms. The second kappa shape index (κ2) is 4.28. The third-order valence-electron chi connectivity index (χ3n) is 1.96. The van der Waals surface area contributed by atoms with Crippen LogP contribution in [0.25, 0.3) is 0 Å². The van der Waals surface area contributed by atoms with Crippen molar-refractivity contribution in [2.24, 2.45) is 5.92 Å². The summed E-state index contributed by atoms with van der Waals surface area (Å²) in [4.78, 5) is 0. The molecule has 0 bridgehead atoms. The molecule has 1 aromatic rings. The van der Waals surface area contributed by atoms with Gasteiger partial charge in [0.05, 0.1) is 6.61 Å². The maximum Gasteiger partial charge on any atom is 0.121 e. The van der Waals surface area contributed by atoms with E-state index >= 15 is 0 Å². The first kappa shape index (κ1) is 10.1. The van der Waals surface area contributed by atoms with Crippen LogP contribution in [-0.2, 0) is 13.0 Å². The molecule has 2 N–H and O–H groups in total. The Labute approximate surface area is 78.8 Å². The van der Waals surface area contributed by atoms with E-state index in [1.165, 1.54) is 0 Å². The molecule has 0 atom stereocenters. The molecule has 72 valence electrons. The fourth-order valence-corrected chi connectivity index (χ4v) is 1.36. The van der Waals surface area contributed by atoms with Crippen molar-refractivity contribution >= 4 is 0 Å². The van der Waals surface area contributed by atoms with Gasteiger partial charge in [-0.25, -0.2) is 0 Å². The summed E-state index contributed by atoms with van der Waals surface area (Å²) in [6.45, 7) is 4.19. The molecule has 0 heterocycles. The summed E-state index contributed by atoms with van der Waals surface area (Å²) in [5.41, 5.74) is 1.77. The Morgan fingerprint density at radius 3 is 2.54 bits per heavy atom. The lowest BCUT2D eigenvalue weighted by Gasteiger charge is -2.07. The van der Waals surface area contributed by atoms with Gasteiger partial charge < -0.3 is 10.2 Å². The lowest BCUT2D eigenvalue weighted by atomic mass is 10.0. The highest BCUT2D eigenvalue weighted by atomic mass is 16.3. The van der Waals surface area contributed by atoms with Crippen molar-refractivity contribution in [2.45, 2.75) is 26.9 Å². The number of aromatic hydroxyl groups is 1. The molecule has 0 amide bonds. The SMILES string of the molecule is CC(C)Cc1ccc(O)c(CO)c1. The zero-order valence-corrected chi connectivity index (χ0v) is 8.12. The quantitative estimate of drug-likeness (QED) is 0.747. The lowest BCUT2D eigenvalue weighted by molar-refractivity contribution is 0.275. The van der Waals surface area contributed by atoms with E-state index in [-0.39, 0.29) is 12.4 Å². The van der Waals surface area contributed by atoms with Gasteiger partial charge in [-0.15, -0.1) is 0 Å². The van der Waals surface area contributed by atoms with Crippen LogP contribution >= 0.6 is 0 Å². The maximum atomic E-state index is 9.31. The van der Waals surface area contributed by atoms with Crippen molar-refractivity contribution in [1.82, 2.24) is 0 Å². The highest BCUT2D eigenvalue weighted by Crippen LogP contribution is 2.19. The van der Waals surface area contributed by atoms with Crippen molar-refractivity contribution in [2.75, 3.05) is 0 Å². The van der Waals surface area contributed by atoms with Crippen LogP contribution in [0.2, 0.25) is 0 Å². The zero-order chi connectivity index (χ0) is 9.84. The fraction of sp³-hybridized carbons (Fsp3) is 0.455. The first-order valence-electron chi connectivity index (χ1n) is 4.55. The van der Waals surface area contributed by atoms with E-state index in [1.807, 2.05) is 12.1 Å². The number of hydrogen-bond donors (Lipinski definition) is 2. The van der Waals surface area contributed by atoms with E-state index in [4.69, 9.17) is 5.11 Å². The lowest BCUT2D eigenvalue weighted by Crippen LogP contribution is -1.95. The van der Waals surface area contributed by atoms with Crippen LogP contribution in [0, 0.1) is 5.92 Å². The van der Waals surface area contributed by atoms with Gasteiger partial charge in [-0.2, -0.15) is 0 Å². The van der Waals surface area contributed by atoms with E-state index in [2.05, 4.69) is 13.8 Å². The smallest absolute Gasteiger partial charge is 0.121 e. The Hall–Kier alpha value is -1.02. The summed E-state index contributed by atoms with van der Waals surface area (Å²) in [6, 6.07) is 5.40. The summed E-state index contributed by atoms with van der Waals surface area (Å²) < 4.78 is 0. The minimum absolute atomic E-state index is 0.0994. The van der Waals surface area contributed by atoms with Crippen molar-refractivity contribution in [3.05, 3.63) is 29.3 Å². The van der Waals surface area contributed by atoms with Crippen LogP contribution in [0.3, 0.4) is 0 Å². The van der Waals surface area contributed by atoms with Crippen LogP contribution in [0.4, 0.5) is 0 Å². The number of aliphatic hydroxyl groups is 1. The number of rotatable bonds is 3. The number of benzene rings is 1. The van der Waals surface area contributed by atoms with E-state index in [1.54, 1.807) is 6.07 Å². The third-order valence-corrected chi connectivity index (χ3v) is 1.96. The van der Waals surface area contributed by atoms with Crippen molar-refractivity contribution < 1.29 is 10.2 Å². The number of hydrogen-bond acceptors (Lipinski definition) is 2. The maximum absolute atomic E-state index is 9.31. The Balaban J connectivity index is 2.86. The van der Waals surface area contributed by atoms with Gasteiger partial charge in [-0.1, -0.05) is 19.9 Å². The van der Waals surface area contributed by atoms with Gasteiger partial charge in [0.2, 0.25) is 0 Å². The Morgan fingerprint density at radius 1 is 1.31 bits per heavy atom. The number of phenols is 1. The Bertz CT molecular complexity index is 279. The summed E-state index contributed by atoms with van der Waals surface area (Å²) >= 11 is 0. The first-order chi connectivity index (χ1) is 6.13. The van der Waals surface area contributed by atoms with Gasteiger partial charge in [-0.3, -0.25) is 0 Å². The van der Waals surface area contributed by atoms with Crippen LogP contribution in [0.1, 0.15) is 25.0 Å². The molecular formula is C11H16O2. The molecule has 0 fully saturated rings. The molecule has 2 heteroatoms. The van der Waals surface area contributed by atoms with Crippen LogP contribution in [-0.4, -0.2) is 10.2 Å². The summed E-state index contributed by atoms with van der Waals surface area (Å²) in [5.74, 6) is 0.770. The van der Waals surface area contributed by atoms with E-state index < -0.39 is 0 Å². The minimum atomic E-state index is -0.0994. The Morgan fingerprint density at radius 2 is 2.00 bits per heavy atom. The number of aliphatic hydroxyl groups excluding tert-OH is 1. The largest absolute Gasteiger partial charge is 0.508 e. The van der Waals surface area contributed by atoms with Crippen molar-refractivity contribution in [1.29, 1.82) is 0 Å². The molecule has 0 aliphatic carbocycles. The van der Waals surface area contributed by atoms with Gasteiger partial charge >= 0.3 is 0 Å². The second-order valence-electron chi connectivity index (χ2n) is 3.72. The summed E-state index contributed by atoms with van der Waals surface area (Å²) in [6.07, 6.45) is 0.979. The van der Waals surface area contributed by atoms with Gasteiger partial charge in [-0.05, 0) is 30.0 Å². The van der Waals surface area contributed by atoms with Crippen LogP contribution < -0.4 is 0 Å². The molecule has 1 rings (SSSR count). The second-order valence-corrected chi connectivity index (χ2v) is 3.72. The molecule has 0 saturated carbocycles. The standard InChI is InChI=1S/C11H16O2/c1-8(2)5-9-3-4-11(13)10(6-9)7-12/h3-4,6,8,12-13H,5,7H2,1-2H3. The third kappa shape index (κ3) is 2.74. The minimum Gasteiger partial charge on any atom is -0.508 e. The molecule has 2 nitrogen and oxygen atoms in total. The van der Waals surface area contributed by atoms with E-state index in [9.17, 15) is 5.11 Å². The molecule has 0 aliphatic heterocycles. The molecule has 0 aliphatic rings. The van der Waals surface area contributed by atoms with Gasteiger partial charge in [0.1, 0.15) is 5.75 Å². The van der Waals surface area contributed by atoms with Crippen molar-refractivity contribution in [3.8, 4) is 5.75 Å². The highest BCUT2D eigenvalue weighted by Gasteiger charge is 2.02. The molecule has 0 radical (unpaired) electrons. The summed E-state index contributed by atoms with van der Waals surface area (Å²) in [7, 11) is 0. The first-order valence-corrected chi connectivity index (χ1v) is 4.55. The van der Waals surface area contributed by atoms with Crippen LogP contribution in [0.5, 0.6) is 5.75 Å². The van der Waals surface area contributed by atoms with Gasteiger partial charge in [0, 0.05) is 5.56 Å². The molecule has 1 aromatic carbocycles. The van der Waals surface area contributed by atoms with Crippen molar-refractivity contribution in [3.63, 3.8) is 0 Å². The van der Waals surface area contributed by atoms with Crippen LogP contribution in [0.15, 0.2) is 18.2 Å². The molecule has 0 saturated heterocycles. The van der Waals surface area contributed by atoms with Gasteiger partial charge in [0.15, 0.2) is 0 Å². The predicted octanol–water partition coefficient (Wildman–Crippen LogP) is 2.08. The average Bonchev–Trinajstić information content (AvgIpc) is 2.07. The summed E-state index contributed by atoms with van der Waals surface area (Å²) in [5, 5.41) is 18.2. The van der Waals surface area contributed by atoms with E-state index in [0.717, 1.165) is 12.0 Å². The molecular weight excluding hydrogens is 164 g/mol. The monoisotopic (exact) mass is 180 g/mol. The predicted molar refractivity (Wildman–Crippen MR) is 52.6 cm³/mol. The Kier molecular flexibility index (Phi) is 3.32. The average molecular weight is 180 g/mol. The fourth-order valence-electron chi connectivity index (χ4n) is 1.36. The topological polar surface area (TPSA) is 40.5 Å². The molecule has 13 heavy (non-hydrogen) atoms. The van der Waals surface area contributed by atoms with Gasteiger partial charge in [0.25, 0.3) is 0 Å². The molecule has 0 unspecified atom stereocenters. The normalized spacial score (nSPS) is 10.8. The highest BCUT2D eigenvalue weighted by molar-refractivity contribution is 5.35. The zero-order valence-electron chi connectivity index (χ0n) is 8.12. The van der Waals surface area contributed by atoms with E-state index in [0.29, 0.717) is 11.5 Å².